The van der Waals surface area contributed by atoms with Crippen molar-refractivity contribution in [2.75, 3.05) is 26.1 Å². The van der Waals surface area contributed by atoms with Crippen LogP contribution < -0.4 is 16.0 Å². The Labute approximate surface area is 203 Å². The van der Waals surface area contributed by atoms with E-state index in [2.05, 4.69) is 20.4 Å². The first-order chi connectivity index (χ1) is 16.9. The summed E-state index contributed by atoms with van der Waals surface area (Å²) < 4.78 is 19.6. The summed E-state index contributed by atoms with van der Waals surface area (Å²) in [6.45, 7) is 4.25. The zero-order valence-corrected chi connectivity index (χ0v) is 20.0. The number of aliphatic imine (C=N–C) groups is 1. The molecule has 0 radical (unpaired) electrons. The van der Waals surface area contributed by atoms with Crippen molar-refractivity contribution < 1.29 is 19.1 Å². The summed E-state index contributed by atoms with van der Waals surface area (Å²) in [4.78, 5) is 23.8. The number of nitrogen functional groups attached to an aromatic ring is 1. The van der Waals surface area contributed by atoms with Crippen LogP contribution in [0.4, 0.5) is 10.3 Å². The minimum atomic E-state index is -0.401. The Morgan fingerprint density at radius 2 is 2.06 bits per heavy atom. The molecule has 0 spiro atoms. The fourth-order valence-corrected chi connectivity index (χ4v) is 4.01. The molecule has 4 N–H and O–H groups in total. The van der Waals surface area contributed by atoms with E-state index < -0.39 is 6.04 Å². The van der Waals surface area contributed by atoms with Crippen molar-refractivity contribution in [1.82, 2.24) is 20.4 Å². The van der Waals surface area contributed by atoms with Crippen molar-refractivity contribution >= 4 is 11.8 Å². The van der Waals surface area contributed by atoms with Gasteiger partial charge in [0.2, 0.25) is 11.8 Å². The van der Waals surface area contributed by atoms with E-state index in [1.165, 1.54) is 19.2 Å². The number of ether oxygens (including phenoxy) is 1. The summed E-state index contributed by atoms with van der Waals surface area (Å²) >= 11 is 0. The number of nitrogens with zero attached hydrogens (tertiary/aromatic N) is 4. The van der Waals surface area contributed by atoms with Crippen LogP contribution >= 0.6 is 0 Å². The number of aliphatic hydroxyl groups is 1. The van der Waals surface area contributed by atoms with Gasteiger partial charge in [-0.15, -0.1) is 0 Å². The molecular formula is C25H29FN6O3. The average Bonchev–Trinajstić information content (AvgIpc) is 2.85. The number of benzene rings is 1. The Hall–Kier alpha value is -3.63. The number of methoxy groups -OCH3 is 1. The second kappa shape index (κ2) is 10.7. The van der Waals surface area contributed by atoms with Gasteiger partial charge in [-0.05, 0) is 43.0 Å². The van der Waals surface area contributed by atoms with E-state index in [0.29, 0.717) is 48.1 Å². The fourth-order valence-electron chi connectivity index (χ4n) is 4.01. The van der Waals surface area contributed by atoms with E-state index >= 15 is 0 Å². The number of hydroxylamine groups is 1. The number of hydrogen-bond acceptors (Lipinski definition) is 9. The maximum Gasteiger partial charge on any atom is 0.220 e. The minimum Gasteiger partial charge on any atom is -0.481 e. The molecule has 0 unspecified atom stereocenters. The lowest BCUT2D eigenvalue weighted by Gasteiger charge is -2.26. The highest BCUT2D eigenvalue weighted by Crippen LogP contribution is 2.36. The van der Waals surface area contributed by atoms with Gasteiger partial charge in [-0.3, -0.25) is 9.83 Å². The van der Waals surface area contributed by atoms with Crippen molar-refractivity contribution in [2.45, 2.75) is 32.7 Å². The number of rotatable bonds is 8. The monoisotopic (exact) mass is 480 g/mol. The lowest BCUT2D eigenvalue weighted by molar-refractivity contribution is 0.0679. The third-order valence-corrected chi connectivity index (χ3v) is 5.87. The molecule has 0 bridgehead atoms. The van der Waals surface area contributed by atoms with Gasteiger partial charge in [0, 0.05) is 24.7 Å². The van der Waals surface area contributed by atoms with Gasteiger partial charge in [0.15, 0.2) is 5.84 Å². The zero-order valence-electron chi connectivity index (χ0n) is 20.0. The quantitative estimate of drug-likeness (QED) is 0.331. The molecule has 0 saturated heterocycles. The molecule has 0 aliphatic carbocycles. The third-order valence-electron chi connectivity index (χ3n) is 5.87. The number of aryl methyl sites for hydroxylation is 1. The lowest BCUT2D eigenvalue weighted by atomic mass is 9.91. The molecule has 4 rings (SSSR count). The van der Waals surface area contributed by atoms with Crippen LogP contribution in [0.1, 0.15) is 41.9 Å². The highest BCUT2D eigenvalue weighted by atomic mass is 19.1. The molecule has 0 saturated carbocycles. The van der Waals surface area contributed by atoms with Crippen molar-refractivity contribution in [2.24, 2.45) is 10.9 Å². The van der Waals surface area contributed by atoms with Gasteiger partial charge in [-0.2, -0.15) is 0 Å². The van der Waals surface area contributed by atoms with E-state index in [0.717, 1.165) is 16.8 Å². The molecule has 1 aliphatic rings. The molecule has 35 heavy (non-hydrogen) atoms. The first kappa shape index (κ1) is 24.5. The lowest BCUT2D eigenvalue weighted by Crippen LogP contribution is -2.32. The largest absolute Gasteiger partial charge is 0.481 e. The maximum absolute atomic E-state index is 14.3. The van der Waals surface area contributed by atoms with E-state index in [1.807, 2.05) is 13.8 Å². The fraction of sp³-hybridized carbons (Fsp3) is 0.360. The number of nitrogens with one attached hydrogen (secondary N) is 1. The maximum atomic E-state index is 14.3. The van der Waals surface area contributed by atoms with Gasteiger partial charge >= 0.3 is 0 Å². The number of aliphatic hydroxyl groups excluding tert-OH is 1. The van der Waals surface area contributed by atoms with Gasteiger partial charge in [0.25, 0.3) is 0 Å². The molecule has 10 heteroatoms. The van der Waals surface area contributed by atoms with Crippen LogP contribution in [-0.2, 0) is 11.3 Å². The first-order valence-corrected chi connectivity index (χ1v) is 11.4. The van der Waals surface area contributed by atoms with Gasteiger partial charge < -0.3 is 15.6 Å². The van der Waals surface area contributed by atoms with E-state index in [9.17, 15) is 9.50 Å². The minimum absolute atomic E-state index is 0.0904. The summed E-state index contributed by atoms with van der Waals surface area (Å²) in [6, 6.07) is 9.50. The number of halogens is 1. The van der Waals surface area contributed by atoms with Crippen molar-refractivity contribution in [3.63, 3.8) is 0 Å². The molecular weight excluding hydrogens is 451 g/mol. The summed E-state index contributed by atoms with van der Waals surface area (Å²) in [5.74, 6) is 0.814. The number of nitrogens with two attached hydrogens (primary N) is 1. The number of amidine groups is 1. The zero-order chi connectivity index (χ0) is 24.9. The predicted molar refractivity (Wildman–Crippen MR) is 130 cm³/mol. The number of pyridine rings is 1. The molecule has 3 aromatic rings. The van der Waals surface area contributed by atoms with Gasteiger partial charge in [0.1, 0.15) is 5.82 Å². The Morgan fingerprint density at radius 1 is 1.23 bits per heavy atom. The van der Waals surface area contributed by atoms with Gasteiger partial charge in [0.05, 0.1) is 42.4 Å². The van der Waals surface area contributed by atoms with Crippen molar-refractivity contribution in [3.05, 3.63) is 64.7 Å². The highest BCUT2D eigenvalue weighted by Gasteiger charge is 2.28. The molecule has 184 valence electrons. The Morgan fingerprint density at radius 3 is 2.83 bits per heavy atom. The van der Waals surface area contributed by atoms with Crippen LogP contribution in [0.2, 0.25) is 0 Å². The predicted octanol–water partition coefficient (Wildman–Crippen LogP) is 3.16. The Kier molecular flexibility index (Phi) is 7.52. The van der Waals surface area contributed by atoms with Crippen LogP contribution in [0.25, 0.3) is 11.3 Å². The molecule has 2 atom stereocenters. The Balaban J connectivity index is 1.73. The number of anilines is 1. The van der Waals surface area contributed by atoms with Crippen LogP contribution in [0, 0.1) is 18.7 Å². The summed E-state index contributed by atoms with van der Waals surface area (Å²) in [5, 5.41) is 9.24. The molecule has 9 nitrogen and oxygen atoms in total. The third kappa shape index (κ3) is 5.55. The second-order valence-corrected chi connectivity index (χ2v) is 8.51. The normalized spacial score (nSPS) is 15.8. The topological polar surface area (TPSA) is 128 Å². The van der Waals surface area contributed by atoms with E-state index in [1.54, 1.807) is 24.3 Å². The standard InChI is InChI=1S/C25H29FN6O3/c1-14(13-33)9-10-35-32-24-23-15(2)28-25(27)31-21(23)12-20(30-24)17-8-7-16(26)11-18(17)19-5-4-6-22(29-19)34-3/h4-8,11,14,20,33H,9-10,12-13H2,1-3H3,(H,30,32)(H2,27,28,31)/t14-,20+/m0/s1. The molecule has 1 aromatic carbocycles. The number of fused-ring (bicyclic) bond motifs is 1. The SMILES string of the molecule is COc1cccc(-c2cc(F)ccc2[C@H]2Cc3nc(N)nc(C)c3C(NOCC[C@H](C)CO)=N2)n1. The van der Waals surface area contributed by atoms with Crippen LogP contribution in [0.3, 0.4) is 0 Å². The molecule has 0 amide bonds. The van der Waals surface area contributed by atoms with Crippen LogP contribution in [0.5, 0.6) is 5.88 Å². The van der Waals surface area contributed by atoms with Crippen molar-refractivity contribution in [1.29, 1.82) is 0 Å². The molecule has 0 fully saturated rings. The Bertz CT molecular complexity index is 1240. The van der Waals surface area contributed by atoms with Gasteiger partial charge in [-0.1, -0.05) is 19.1 Å². The van der Waals surface area contributed by atoms with Gasteiger partial charge in [-0.25, -0.2) is 24.8 Å². The first-order valence-electron chi connectivity index (χ1n) is 11.4. The molecule has 2 aromatic heterocycles. The second-order valence-electron chi connectivity index (χ2n) is 8.51. The smallest absolute Gasteiger partial charge is 0.220 e. The number of aromatic nitrogens is 3. The summed E-state index contributed by atoms with van der Waals surface area (Å²) in [6.07, 6.45) is 1.12. The summed E-state index contributed by atoms with van der Waals surface area (Å²) in [5.41, 5.74) is 13.0. The number of hydrogen-bond donors (Lipinski definition) is 3. The molecule has 1 aliphatic heterocycles. The summed E-state index contributed by atoms with van der Waals surface area (Å²) in [7, 11) is 1.53. The van der Waals surface area contributed by atoms with Crippen LogP contribution in [-0.4, -0.2) is 46.2 Å². The molecule has 3 heterocycles. The van der Waals surface area contributed by atoms with Crippen LogP contribution in [0.15, 0.2) is 41.4 Å². The average molecular weight is 481 g/mol. The van der Waals surface area contributed by atoms with E-state index in [-0.39, 0.29) is 24.3 Å². The highest BCUT2D eigenvalue weighted by molar-refractivity contribution is 6.01. The van der Waals surface area contributed by atoms with E-state index in [4.69, 9.17) is 20.3 Å². The van der Waals surface area contributed by atoms with Crippen molar-refractivity contribution in [3.8, 4) is 17.1 Å².